The fourth-order valence-electron chi connectivity index (χ4n) is 2.83. The van der Waals surface area contributed by atoms with Crippen molar-refractivity contribution in [2.24, 2.45) is 10.1 Å². The standard InChI is InChI=1S/C22H18N4O2S2/c1-15-5-9-18(10-6-15)23-22-25(20(14-30-22)21-4-3-13-29-21)24-16(2)17-7-11-19(12-8-17)26(27)28/h3-14H,1-2H3. The summed E-state index contributed by atoms with van der Waals surface area (Å²) >= 11 is 3.16. The summed E-state index contributed by atoms with van der Waals surface area (Å²) in [6.45, 7) is 3.93. The predicted octanol–water partition coefficient (Wildman–Crippen LogP) is 6.00. The molecule has 0 unspecified atom stereocenters. The molecule has 4 rings (SSSR count). The molecule has 4 aromatic rings. The third-order valence-electron chi connectivity index (χ3n) is 4.46. The SMILES string of the molecule is CC(=Nn1c(-c2cccs2)csc1=Nc1ccc(C)cc1)c1ccc([N+](=O)[O-])cc1. The molecule has 8 heteroatoms. The Labute approximate surface area is 181 Å². The molecule has 2 heterocycles. The molecule has 150 valence electrons. The number of aryl methyl sites for hydroxylation is 1. The third kappa shape index (κ3) is 4.29. The van der Waals surface area contributed by atoms with Gasteiger partial charge in [-0.15, -0.1) is 22.7 Å². The van der Waals surface area contributed by atoms with E-state index in [1.54, 1.807) is 23.5 Å². The van der Waals surface area contributed by atoms with Gasteiger partial charge < -0.3 is 0 Å². The first-order valence-electron chi connectivity index (χ1n) is 9.17. The van der Waals surface area contributed by atoms with Crippen LogP contribution in [0, 0.1) is 17.0 Å². The summed E-state index contributed by atoms with van der Waals surface area (Å²) < 4.78 is 1.84. The molecule has 30 heavy (non-hydrogen) atoms. The van der Waals surface area contributed by atoms with E-state index >= 15 is 0 Å². The van der Waals surface area contributed by atoms with Gasteiger partial charge in [0, 0.05) is 17.5 Å². The molecule has 0 N–H and O–H groups in total. The number of nitro benzene ring substituents is 1. The molecule has 0 amide bonds. The van der Waals surface area contributed by atoms with Crippen molar-refractivity contribution in [3.8, 4) is 10.6 Å². The summed E-state index contributed by atoms with van der Waals surface area (Å²) in [4.78, 5) is 17.1. The first-order valence-corrected chi connectivity index (χ1v) is 10.9. The molecular formula is C22H18N4O2S2. The second-order valence-corrected chi connectivity index (χ2v) is 8.41. The van der Waals surface area contributed by atoms with E-state index in [2.05, 4.69) is 6.07 Å². The molecule has 0 aliphatic heterocycles. The van der Waals surface area contributed by atoms with E-state index in [1.165, 1.54) is 29.0 Å². The highest BCUT2D eigenvalue weighted by molar-refractivity contribution is 7.14. The number of non-ortho nitro benzene ring substituents is 1. The van der Waals surface area contributed by atoms with Crippen molar-refractivity contribution in [1.82, 2.24) is 4.68 Å². The van der Waals surface area contributed by atoms with Crippen LogP contribution in [-0.4, -0.2) is 15.3 Å². The van der Waals surface area contributed by atoms with Crippen LogP contribution in [0.5, 0.6) is 0 Å². The summed E-state index contributed by atoms with van der Waals surface area (Å²) in [5, 5.41) is 19.8. The average Bonchev–Trinajstić information content (AvgIpc) is 3.40. The zero-order valence-corrected chi connectivity index (χ0v) is 18.0. The van der Waals surface area contributed by atoms with Gasteiger partial charge in [0.1, 0.15) is 0 Å². The van der Waals surface area contributed by atoms with E-state index in [9.17, 15) is 10.1 Å². The molecule has 0 radical (unpaired) electrons. The topological polar surface area (TPSA) is 72.8 Å². The van der Waals surface area contributed by atoms with E-state index in [1.807, 2.05) is 59.6 Å². The number of nitrogens with zero attached hydrogens (tertiary/aromatic N) is 4. The zero-order valence-electron chi connectivity index (χ0n) is 16.4. The fraction of sp³-hybridized carbons (Fsp3) is 0.0909. The van der Waals surface area contributed by atoms with Gasteiger partial charge >= 0.3 is 0 Å². The van der Waals surface area contributed by atoms with Crippen LogP contribution in [0.1, 0.15) is 18.1 Å². The minimum absolute atomic E-state index is 0.0593. The highest BCUT2D eigenvalue weighted by Gasteiger charge is 2.11. The molecule has 6 nitrogen and oxygen atoms in total. The van der Waals surface area contributed by atoms with Crippen LogP contribution < -0.4 is 4.80 Å². The molecule has 0 bridgehead atoms. The Morgan fingerprint density at radius 1 is 1.03 bits per heavy atom. The van der Waals surface area contributed by atoms with E-state index < -0.39 is 4.92 Å². The van der Waals surface area contributed by atoms with Crippen molar-refractivity contribution in [1.29, 1.82) is 0 Å². The minimum atomic E-state index is -0.405. The van der Waals surface area contributed by atoms with E-state index in [4.69, 9.17) is 10.1 Å². The number of aromatic nitrogens is 1. The average molecular weight is 435 g/mol. The highest BCUT2D eigenvalue weighted by atomic mass is 32.1. The third-order valence-corrected chi connectivity index (χ3v) is 6.17. The van der Waals surface area contributed by atoms with Gasteiger partial charge in [0.15, 0.2) is 0 Å². The van der Waals surface area contributed by atoms with Crippen LogP contribution >= 0.6 is 22.7 Å². The Balaban J connectivity index is 1.82. The van der Waals surface area contributed by atoms with Gasteiger partial charge in [0.2, 0.25) is 4.80 Å². The van der Waals surface area contributed by atoms with Crippen LogP contribution in [0.25, 0.3) is 10.6 Å². The molecule has 0 saturated heterocycles. The van der Waals surface area contributed by atoms with Crippen molar-refractivity contribution in [2.45, 2.75) is 13.8 Å². The lowest BCUT2D eigenvalue weighted by molar-refractivity contribution is -0.384. The van der Waals surface area contributed by atoms with Gasteiger partial charge in [0.05, 0.1) is 26.9 Å². The first kappa shape index (κ1) is 19.9. The molecular weight excluding hydrogens is 416 g/mol. The number of hydrogen-bond acceptors (Lipinski definition) is 6. The van der Waals surface area contributed by atoms with Crippen molar-refractivity contribution in [2.75, 3.05) is 0 Å². The number of nitro groups is 1. The van der Waals surface area contributed by atoms with Crippen molar-refractivity contribution < 1.29 is 4.92 Å². The van der Waals surface area contributed by atoms with Gasteiger partial charge in [-0.05, 0) is 55.1 Å². The van der Waals surface area contributed by atoms with Gasteiger partial charge in [-0.1, -0.05) is 23.8 Å². The number of thiazole rings is 1. The molecule has 2 aromatic carbocycles. The van der Waals surface area contributed by atoms with E-state index in [-0.39, 0.29) is 5.69 Å². The van der Waals surface area contributed by atoms with Crippen molar-refractivity contribution >= 4 is 39.8 Å². The predicted molar refractivity (Wildman–Crippen MR) is 123 cm³/mol. The molecule has 0 saturated carbocycles. The lowest BCUT2D eigenvalue weighted by atomic mass is 10.1. The van der Waals surface area contributed by atoms with Crippen molar-refractivity contribution in [3.63, 3.8) is 0 Å². The number of benzene rings is 2. The Kier molecular flexibility index (Phi) is 5.69. The summed E-state index contributed by atoms with van der Waals surface area (Å²) in [7, 11) is 0. The summed E-state index contributed by atoms with van der Waals surface area (Å²) in [6, 6.07) is 18.5. The monoisotopic (exact) mass is 434 g/mol. The number of thiophene rings is 1. The first-order chi connectivity index (χ1) is 14.5. The quantitative estimate of drug-likeness (QED) is 0.219. The number of rotatable bonds is 5. The van der Waals surface area contributed by atoms with Gasteiger partial charge in [-0.25, -0.2) is 9.67 Å². The van der Waals surface area contributed by atoms with Crippen LogP contribution in [0.15, 0.2) is 81.5 Å². The Morgan fingerprint density at radius 3 is 2.40 bits per heavy atom. The molecule has 0 spiro atoms. The largest absolute Gasteiger partial charge is 0.269 e. The second kappa shape index (κ2) is 8.56. The van der Waals surface area contributed by atoms with Crippen LogP contribution in [0.3, 0.4) is 0 Å². The van der Waals surface area contributed by atoms with Gasteiger partial charge in [-0.2, -0.15) is 5.10 Å². The zero-order chi connectivity index (χ0) is 21.1. The summed E-state index contributed by atoms with van der Waals surface area (Å²) in [6.07, 6.45) is 0. The molecule has 0 fully saturated rings. The van der Waals surface area contributed by atoms with Gasteiger partial charge in [0.25, 0.3) is 5.69 Å². The van der Waals surface area contributed by atoms with Gasteiger partial charge in [-0.3, -0.25) is 10.1 Å². The van der Waals surface area contributed by atoms with Crippen LogP contribution in [0.4, 0.5) is 11.4 Å². The maximum absolute atomic E-state index is 10.9. The van der Waals surface area contributed by atoms with Crippen LogP contribution in [-0.2, 0) is 0 Å². The van der Waals surface area contributed by atoms with Crippen LogP contribution in [0.2, 0.25) is 0 Å². The highest BCUT2D eigenvalue weighted by Crippen LogP contribution is 2.26. The minimum Gasteiger partial charge on any atom is -0.258 e. The van der Waals surface area contributed by atoms with Crippen molar-refractivity contribution in [3.05, 3.63) is 97.5 Å². The number of hydrogen-bond donors (Lipinski definition) is 0. The molecule has 0 atom stereocenters. The Morgan fingerprint density at radius 2 is 1.77 bits per heavy atom. The Hall–Kier alpha value is -3.36. The van der Waals surface area contributed by atoms with E-state index in [0.29, 0.717) is 0 Å². The smallest absolute Gasteiger partial charge is 0.258 e. The normalized spacial score (nSPS) is 12.3. The molecule has 2 aromatic heterocycles. The lowest BCUT2D eigenvalue weighted by Crippen LogP contribution is -2.13. The fourth-order valence-corrected chi connectivity index (χ4v) is 4.47. The maximum Gasteiger partial charge on any atom is 0.269 e. The molecule has 0 aliphatic carbocycles. The summed E-state index contributed by atoms with van der Waals surface area (Å²) in [5.74, 6) is 0. The second-order valence-electron chi connectivity index (χ2n) is 6.63. The summed E-state index contributed by atoms with van der Waals surface area (Å²) in [5.41, 5.74) is 4.62. The lowest BCUT2D eigenvalue weighted by Gasteiger charge is -2.05. The Bertz CT molecular complexity index is 1270. The maximum atomic E-state index is 10.9. The van der Waals surface area contributed by atoms with E-state index in [0.717, 1.165) is 32.3 Å². The molecule has 0 aliphatic rings.